The Morgan fingerprint density at radius 2 is 0.600 bits per heavy atom. The number of hydrogen-bond acceptors (Lipinski definition) is 18. The van der Waals surface area contributed by atoms with Crippen molar-refractivity contribution in [3.05, 3.63) is 109 Å². The summed E-state index contributed by atoms with van der Waals surface area (Å²) in [7, 11) is 0. The van der Waals surface area contributed by atoms with E-state index in [9.17, 15) is 61.0 Å². The Morgan fingerprint density at radius 1 is 0.322 bits per heavy atom. The number of ether oxygens (including phenoxy) is 6. The van der Waals surface area contributed by atoms with E-state index in [1.807, 2.05) is 6.08 Å². The van der Waals surface area contributed by atoms with E-state index in [4.69, 9.17) is 28.4 Å². The fourth-order valence-electron chi connectivity index (χ4n) is 15.2. The lowest BCUT2D eigenvalue weighted by atomic mass is 9.96. The molecule has 0 spiro atoms. The molecule has 17 unspecified atom stereocenters. The number of nitrogens with one attached hydrogen (secondary N) is 1. The van der Waals surface area contributed by atoms with Crippen molar-refractivity contribution in [2.24, 2.45) is 0 Å². The number of hydrogen-bond donors (Lipinski definition) is 12. The van der Waals surface area contributed by atoms with Crippen LogP contribution in [-0.2, 0) is 33.2 Å². The molecule has 3 aliphatic rings. The molecule has 0 radical (unpaired) electrons. The van der Waals surface area contributed by atoms with Crippen molar-refractivity contribution < 1.29 is 89.4 Å². The van der Waals surface area contributed by atoms with Crippen LogP contribution < -0.4 is 5.32 Å². The van der Waals surface area contributed by atoms with Crippen LogP contribution in [0.4, 0.5) is 0 Å². The summed E-state index contributed by atoms with van der Waals surface area (Å²) in [6.45, 7) is 1.66. The summed E-state index contributed by atoms with van der Waals surface area (Å²) in [5, 5.41) is 121. The van der Waals surface area contributed by atoms with Gasteiger partial charge in [-0.05, 0) is 83.5 Å². The fourth-order valence-corrected chi connectivity index (χ4v) is 15.2. The summed E-state index contributed by atoms with van der Waals surface area (Å²) in [4.78, 5) is 13.5. The Hall–Kier alpha value is -3.55. The molecule has 115 heavy (non-hydrogen) atoms. The highest BCUT2D eigenvalue weighted by atomic mass is 16.8. The lowest BCUT2D eigenvalue weighted by molar-refractivity contribution is -0.379. The SMILES string of the molecule is CC/C=C\C/C=C\C/C=C\C/C=C\C/C=C\C/C=C\C/C=C\C/C=C\CCCCCCCCCCCCCCC(=O)NC(COC1OC(CO)C(OC2OC(CO)C(OC3OC(CO)C(O)C(O)C3O)C(O)C2O)C(O)C1O)C(O)/C=C/CCCCCCCCCCCCCCCCCCCCCCCCCCCCCCCCC. The van der Waals surface area contributed by atoms with Gasteiger partial charge in [0.2, 0.25) is 5.91 Å². The number of aliphatic hydroxyl groups excluding tert-OH is 11. The number of amides is 1. The van der Waals surface area contributed by atoms with E-state index in [2.05, 4.69) is 116 Å². The molecule has 12 N–H and O–H groups in total. The Bertz CT molecular complexity index is 2500. The van der Waals surface area contributed by atoms with Crippen molar-refractivity contribution in [3.8, 4) is 0 Å². The van der Waals surface area contributed by atoms with Crippen LogP contribution >= 0.6 is 0 Å². The zero-order valence-corrected chi connectivity index (χ0v) is 72.0. The minimum Gasteiger partial charge on any atom is -0.394 e. The lowest BCUT2D eigenvalue weighted by Gasteiger charge is -2.48. The summed E-state index contributed by atoms with van der Waals surface area (Å²) in [5.41, 5.74) is 0. The minimum atomic E-state index is -1.98. The number of allylic oxidation sites excluding steroid dienone is 17. The van der Waals surface area contributed by atoms with Crippen molar-refractivity contribution in [1.29, 1.82) is 0 Å². The zero-order valence-electron chi connectivity index (χ0n) is 72.0. The van der Waals surface area contributed by atoms with Gasteiger partial charge in [0.15, 0.2) is 18.9 Å². The number of carbonyl (C=O) groups excluding carboxylic acids is 1. The molecule has 0 aromatic rings. The van der Waals surface area contributed by atoms with Crippen molar-refractivity contribution in [1.82, 2.24) is 5.32 Å². The largest absolute Gasteiger partial charge is 0.394 e. The lowest BCUT2D eigenvalue weighted by Crippen LogP contribution is -2.66. The number of carbonyl (C=O) groups is 1. The third-order valence-corrected chi connectivity index (χ3v) is 22.6. The second-order valence-electron chi connectivity index (χ2n) is 32.7. The number of rotatable bonds is 75. The quantitative estimate of drug-likeness (QED) is 0.0199. The summed E-state index contributed by atoms with van der Waals surface area (Å²) < 4.78 is 34.5. The first-order valence-electron chi connectivity index (χ1n) is 46.6. The third kappa shape index (κ3) is 52.4. The molecule has 0 aromatic heterocycles. The topological polar surface area (TPSA) is 307 Å². The van der Waals surface area contributed by atoms with Crippen molar-refractivity contribution in [3.63, 3.8) is 0 Å². The maximum Gasteiger partial charge on any atom is 0.220 e. The Labute approximate surface area is 697 Å². The molecule has 0 aromatic carbocycles. The Kier molecular flexibility index (Phi) is 68.2. The molecule has 3 heterocycles. The summed E-state index contributed by atoms with van der Waals surface area (Å²) in [6, 6.07) is -0.983. The van der Waals surface area contributed by atoms with Crippen LogP contribution in [0.2, 0.25) is 0 Å². The smallest absolute Gasteiger partial charge is 0.220 e. The molecule has 1 amide bonds. The van der Waals surface area contributed by atoms with Gasteiger partial charge < -0.3 is 89.9 Å². The van der Waals surface area contributed by atoms with Gasteiger partial charge in [-0.25, -0.2) is 0 Å². The molecule has 3 saturated heterocycles. The van der Waals surface area contributed by atoms with E-state index >= 15 is 0 Å². The number of unbranched alkanes of at least 4 members (excludes halogenated alkanes) is 43. The van der Waals surface area contributed by atoms with Gasteiger partial charge >= 0.3 is 0 Å². The maximum absolute atomic E-state index is 13.5. The van der Waals surface area contributed by atoms with Crippen molar-refractivity contribution >= 4 is 5.91 Å². The van der Waals surface area contributed by atoms with Crippen LogP contribution in [0.15, 0.2) is 109 Å². The molecule has 3 fully saturated rings. The van der Waals surface area contributed by atoms with Gasteiger partial charge in [0.05, 0.1) is 38.6 Å². The summed E-state index contributed by atoms with van der Waals surface area (Å²) in [6.07, 6.45) is 78.1. The summed E-state index contributed by atoms with van der Waals surface area (Å²) >= 11 is 0. The van der Waals surface area contributed by atoms with Gasteiger partial charge in [-0.15, -0.1) is 0 Å². The second kappa shape index (κ2) is 74.3. The first-order valence-corrected chi connectivity index (χ1v) is 46.6. The minimum absolute atomic E-state index is 0.236. The van der Waals surface area contributed by atoms with Gasteiger partial charge in [-0.2, -0.15) is 0 Å². The molecule has 0 saturated carbocycles. The van der Waals surface area contributed by atoms with Gasteiger partial charge in [-0.1, -0.05) is 380 Å². The van der Waals surface area contributed by atoms with Crippen molar-refractivity contribution in [2.75, 3.05) is 26.4 Å². The van der Waals surface area contributed by atoms with Gasteiger partial charge in [0.1, 0.15) is 73.2 Å². The molecule has 19 nitrogen and oxygen atoms in total. The average molecular weight is 1630 g/mol. The van der Waals surface area contributed by atoms with Crippen LogP contribution in [-0.4, -0.2) is 193 Å². The first kappa shape index (κ1) is 106. The summed E-state index contributed by atoms with van der Waals surface area (Å²) in [5.74, 6) is -0.277. The van der Waals surface area contributed by atoms with Crippen LogP contribution in [0.25, 0.3) is 0 Å². The van der Waals surface area contributed by atoms with E-state index in [1.165, 1.54) is 225 Å². The van der Waals surface area contributed by atoms with E-state index in [0.717, 1.165) is 109 Å². The van der Waals surface area contributed by atoms with Gasteiger partial charge in [0.25, 0.3) is 0 Å². The predicted molar refractivity (Wildman–Crippen MR) is 466 cm³/mol. The van der Waals surface area contributed by atoms with Crippen LogP contribution in [0.1, 0.15) is 361 Å². The Morgan fingerprint density at radius 3 is 0.939 bits per heavy atom. The molecule has 17 atom stereocenters. The molecular weight excluding hydrogens is 1460 g/mol. The molecular formula is C96H169NO18. The van der Waals surface area contributed by atoms with Gasteiger partial charge in [0, 0.05) is 6.42 Å². The monoisotopic (exact) mass is 1620 g/mol. The average Bonchev–Trinajstić information content (AvgIpc) is 0.779. The molecule has 3 aliphatic heterocycles. The fraction of sp³-hybridized carbons (Fsp3) is 0.802. The predicted octanol–water partition coefficient (Wildman–Crippen LogP) is 18.4. The molecule has 3 rings (SSSR count). The van der Waals surface area contributed by atoms with E-state index in [0.29, 0.717) is 6.42 Å². The van der Waals surface area contributed by atoms with E-state index < -0.39 is 124 Å². The third-order valence-electron chi connectivity index (χ3n) is 22.6. The standard InChI is InChI=1S/C96H169NO18/c1-3-5-7-9-11-13-15-17-19-21-23-25-27-29-31-33-35-37-38-39-40-42-44-46-48-50-52-54-56-58-60-62-64-66-68-70-72-74-84(102)97-79(80(101)73-71-69-67-65-63-61-59-57-55-53-51-49-47-45-43-41-36-34-32-30-28-26-24-22-20-18-16-14-12-10-8-6-4-2)78-110-94-90(108)87(105)92(82(76-99)112-94)115-96-91(109)88(106)93(83(77-100)113-96)114-95-89(107)86(104)85(103)81(75-98)111-95/h5,7,11,13,17,19,23,25,29,31,35,37,39-40,44,46,71,73,79-83,85-96,98-101,103-109H,3-4,6,8-10,12,14-16,18,20-22,24,26-28,30,32-34,36,38,41-43,45,47-70,72,74-78H2,1-2H3,(H,97,102)/b7-5-,13-11-,19-17-,25-23-,31-29-,37-35-,40-39-,46-44-,73-71+. The van der Waals surface area contributed by atoms with Crippen molar-refractivity contribution in [2.45, 2.75) is 465 Å². The molecule has 0 aliphatic carbocycles. The maximum atomic E-state index is 13.5. The van der Waals surface area contributed by atoms with Crippen LogP contribution in [0.5, 0.6) is 0 Å². The number of aliphatic hydroxyl groups is 11. The van der Waals surface area contributed by atoms with E-state index in [-0.39, 0.29) is 18.9 Å². The Balaban J connectivity index is 1.32. The normalized spacial score (nSPS) is 25.1. The van der Waals surface area contributed by atoms with Crippen LogP contribution in [0.3, 0.4) is 0 Å². The molecule has 19 heteroatoms. The first-order chi connectivity index (χ1) is 56.3. The second-order valence-corrected chi connectivity index (χ2v) is 32.7. The highest BCUT2D eigenvalue weighted by molar-refractivity contribution is 5.76. The highest BCUT2D eigenvalue weighted by Gasteiger charge is 2.54. The molecule has 666 valence electrons. The van der Waals surface area contributed by atoms with Gasteiger partial charge in [-0.3, -0.25) is 4.79 Å². The van der Waals surface area contributed by atoms with E-state index in [1.54, 1.807) is 6.08 Å². The highest BCUT2D eigenvalue weighted by Crippen LogP contribution is 2.34. The van der Waals surface area contributed by atoms with Crippen LogP contribution in [0, 0.1) is 0 Å². The zero-order chi connectivity index (χ0) is 83.1. The molecule has 0 bridgehead atoms.